The number of hydrogen-bond acceptors (Lipinski definition) is 4. The summed E-state index contributed by atoms with van der Waals surface area (Å²) in [6, 6.07) is 14.8. The van der Waals surface area contributed by atoms with Crippen molar-refractivity contribution in [2.45, 2.75) is 0 Å². The third-order valence-corrected chi connectivity index (χ3v) is 4.36. The lowest BCUT2D eigenvalue weighted by Gasteiger charge is -2.04. The summed E-state index contributed by atoms with van der Waals surface area (Å²) in [5, 5.41) is 18.6. The first-order valence-electron chi connectivity index (χ1n) is 7.68. The zero-order valence-electron chi connectivity index (χ0n) is 13.3. The third kappa shape index (κ3) is 3.00. The van der Waals surface area contributed by atoms with Gasteiger partial charge >= 0.3 is 0 Å². The molecule has 6 nitrogen and oxygen atoms in total. The zero-order valence-corrected chi connectivity index (χ0v) is 14.9. The van der Waals surface area contributed by atoms with E-state index in [9.17, 15) is 0 Å². The lowest BCUT2D eigenvalue weighted by atomic mass is 10.2. The normalized spacial score (nSPS) is 11.5. The minimum absolute atomic E-state index is 0.179. The van der Waals surface area contributed by atoms with Crippen molar-refractivity contribution in [3.8, 4) is 5.69 Å². The van der Waals surface area contributed by atoms with Crippen molar-refractivity contribution < 1.29 is 0 Å². The van der Waals surface area contributed by atoms with Crippen LogP contribution in [0.25, 0.3) is 16.7 Å². The van der Waals surface area contributed by atoms with E-state index >= 15 is 0 Å². The van der Waals surface area contributed by atoms with Gasteiger partial charge in [0.25, 0.3) is 0 Å². The summed E-state index contributed by atoms with van der Waals surface area (Å²) >= 11 is 12.0. The van der Waals surface area contributed by atoms with Crippen molar-refractivity contribution in [1.29, 1.82) is 5.41 Å². The van der Waals surface area contributed by atoms with Gasteiger partial charge in [-0.1, -0.05) is 47.5 Å². The van der Waals surface area contributed by atoms with Crippen LogP contribution >= 0.6 is 23.2 Å². The lowest BCUT2D eigenvalue weighted by Crippen LogP contribution is -2.17. The third-order valence-electron chi connectivity index (χ3n) is 3.80. The molecule has 0 spiro atoms. The molecule has 8 heteroatoms. The van der Waals surface area contributed by atoms with Gasteiger partial charge in [0.15, 0.2) is 11.1 Å². The fourth-order valence-corrected chi connectivity index (χ4v) is 2.96. The molecule has 0 saturated carbocycles. The van der Waals surface area contributed by atoms with Crippen LogP contribution in [0.3, 0.4) is 0 Å². The van der Waals surface area contributed by atoms with E-state index < -0.39 is 0 Å². The maximum atomic E-state index is 8.37. The van der Waals surface area contributed by atoms with Gasteiger partial charge in [-0.25, -0.2) is 14.3 Å². The van der Waals surface area contributed by atoms with Crippen LogP contribution < -0.4 is 5.49 Å². The number of halogens is 2. The average Bonchev–Trinajstić information content (AvgIpc) is 3.08. The Balaban J connectivity index is 1.75. The molecule has 0 saturated heterocycles. The maximum Gasteiger partial charge on any atom is 0.168 e. The standard InChI is InChI=1S/C18H12Cl2N6/c19-13-7-6-12(16(20)8-13)9-23-25-11-22-18-15(17(25)21)10-24-26(18)14-4-2-1-3-5-14/h1-11,21H/b21-17?,23-9-. The van der Waals surface area contributed by atoms with E-state index in [1.54, 1.807) is 35.3 Å². The van der Waals surface area contributed by atoms with Crippen LogP contribution in [0, 0.1) is 5.41 Å². The Morgan fingerprint density at radius 1 is 1.08 bits per heavy atom. The summed E-state index contributed by atoms with van der Waals surface area (Å²) in [4.78, 5) is 4.40. The molecular formula is C18H12Cl2N6. The van der Waals surface area contributed by atoms with Crippen LogP contribution in [0.2, 0.25) is 10.0 Å². The first-order chi connectivity index (χ1) is 12.6. The number of benzene rings is 2. The number of fused-ring (bicyclic) bond motifs is 1. The number of para-hydroxylation sites is 1. The topological polar surface area (TPSA) is 71.8 Å². The van der Waals surface area contributed by atoms with Crippen molar-refractivity contribution in [3.05, 3.63) is 82.2 Å². The highest BCUT2D eigenvalue weighted by molar-refractivity contribution is 6.36. The quantitative estimate of drug-likeness (QED) is 0.545. The van der Waals surface area contributed by atoms with Gasteiger partial charge in [0, 0.05) is 10.6 Å². The molecule has 0 amide bonds. The highest BCUT2D eigenvalue weighted by Gasteiger charge is 2.09. The first kappa shape index (κ1) is 16.5. The van der Waals surface area contributed by atoms with Crippen molar-refractivity contribution in [2.75, 3.05) is 0 Å². The van der Waals surface area contributed by atoms with E-state index in [0.29, 0.717) is 26.6 Å². The molecule has 0 fully saturated rings. The summed E-state index contributed by atoms with van der Waals surface area (Å²) in [5.74, 6) is 0. The SMILES string of the molecule is N=c1c2cnn(-c3ccccc3)c2ncn1/N=C\c1ccc(Cl)cc1Cl. The van der Waals surface area contributed by atoms with Crippen molar-refractivity contribution in [1.82, 2.24) is 19.4 Å². The largest absolute Gasteiger partial charge is 0.282 e. The number of nitrogens with zero attached hydrogens (tertiary/aromatic N) is 5. The maximum absolute atomic E-state index is 8.37. The first-order valence-corrected chi connectivity index (χ1v) is 8.44. The Labute approximate surface area is 158 Å². The van der Waals surface area contributed by atoms with Crippen LogP contribution in [-0.4, -0.2) is 25.7 Å². The summed E-state index contributed by atoms with van der Waals surface area (Å²) < 4.78 is 3.06. The molecular weight excluding hydrogens is 371 g/mol. The van der Waals surface area contributed by atoms with Crippen LogP contribution in [0.1, 0.15) is 5.56 Å². The molecule has 128 valence electrons. The Hall–Kier alpha value is -2.96. The van der Waals surface area contributed by atoms with Crippen molar-refractivity contribution in [3.63, 3.8) is 0 Å². The summed E-state index contributed by atoms with van der Waals surface area (Å²) in [6.45, 7) is 0. The molecule has 0 bridgehead atoms. The summed E-state index contributed by atoms with van der Waals surface area (Å²) in [7, 11) is 0. The lowest BCUT2D eigenvalue weighted by molar-refractivity contribution is 0.779. The Morgan fingerprint density at radius 2 is 1.88 bits per heavy atom. The predicted octanol–water partition coefficient (Wildman–Crippen LogP) is 3.89. The molecule has 2 aromatic carbocycles. The van der Waals surface area contributed by atoms with Crippen LogP contribution in [0.5, 0.6) is 0 Å². The molecule has 2 aromatic heterocycles. The highest BCUT2D eigenvalue weighted by Crippen LogP contribution is 2.19. The van der Waals surface area contributed by atoms with Crippen molar-refractivity contribution in [2.24, 2.45) is 5.10 Å². The van der Waals surface area contributed by atoms with Gasteiger partial charge in [0.2, 0.25) is 0 Å². The molecule has 0 aliphatic heterocycles. The molecule has 0 aliphatic rings. The minimum atomic E-state index is 0.179. The summed E-state index contributed by atoms with van der Waals surface area (Å²) in [6.07, 6.45) is 4.65. The number of rotatable bonds is 3. The smallest absolute Gasteiger partial charge is 0.168 e. The molecule has 2 heterocycles. The Kier molecular flexibility index (Phi) is 4.28. The highest BCUT2D eigenvalue weighted by atomic mass is 35.5. The molecule has 4 rings (SSSR count). The van der Waals surface area contributed by atoms with E-state index in [4.69, 9.17) is 28.6 Å². The van der Waals surface area contributed by atoms with Gasteiger partial charge in [-0.05, 0) is 24.3 Å². The fourth-order valence-electron chi connectivity index (χ4n) is 2.50. The zero-order chi connectivity index (χ0) is 18.1. The van der Waals surface area contributed by atoms with E-state index in [-0.39, 0.29) is 5.49 Å². The van der Waals surface area contributed by atoms with E-state index in [1.165, 1.54) is 11.0 Å². The second-order valence-corrected chi connectivity index (χ2v) is 6.32. The van der Waals surface area contributed by atoms with Crippen LogP contribution in [0.4, 0.5) is 0 Å². The number of aromatic nitrogens is 4. The Bertz CT molecular complexity index is 1180. The molecule has 0 aliphatic carbocycles. The minimum Gasteiger partial charge on any atom is -0.282 e. The number of nitrogens with one attached hydrogen (secondary N) is 1. The van der Waals surface area contributed by atoms with E-state index in [0.717, 1.165) is 5.69 Å². The fraction of sp³-hybridized carbons (Fsp3) is 0. The van der Waals surface area contributed by atoms with Gasteiger partial charge < -0.3 is 0 Å². The second-order valence-electron chi connectivity index (χ2n) is 5.48. The molecule has 4 aromatic rings. The van der Waals surface area contributed by atoms with Gasteiger partial charge in [-0.3, -0.25) is 5.41 Å². The van der Waals surface area contributed by atoms with Gasteiger partial charge in [0.1, 0.15) is 6.33 Å². The molecule has 1 N–H and O–H groups in total. The van der Waals surface area contributed by atoms with Crippen LogP contribution in [-0.2, 0) is 0 Å². The summed E-state index contributed by atoms with van der Waals surface area (Å²) in [5.41, 5.74) is 2.35. The Morgan fingerprint density at radius 3 is 2.65 bits per heavy atom. The van der Waals surface area contributed by atoms with Gasteiger partial charge in [-0.2, -0.15) is 10.2 Å². The monoisotopic (exact) mass is 382 g/mol. The van der Waals surface area contributed by atoms with Crippen LogP contribution in [0.15, 0.2) is 66.2 Å². The van der Waals surface area contributed by atoms with Gasteiger partial charge in [-0.15, -0.1) is 0 Å². The van der Waals surface area contributed by atoms with Crippen molar-refractivity contribution >= 4 is 40.4 Å². The molecule has 0 atom stereocenters. The second kappa shape index (κ2) is 6.74. The van der Waals surface area contributed by atoms with E-state index in [1.807, 2.05) is 30.3 Å². The predicted molar refractivity (Wildman–Crippen MR) is 102 cm³/mol. The molecule has 26 heavy (non-hydrogen) atoms. The molecule has 0 unspecified atom stereocenters. The molecule has 0 radical (unpaired) electrons. The van der Waals surface area contributed by atoms with E-state index in [2.05, 4.69) is 15.2 Å². The van der Waals surface area contributed by atoms with Gasteiger partial charge in [0.05, 0.1) is 28.5 Å². The average molecular weight is 383 g/mol. The number of hydrogen-bond donors (Lipinski definition) is 1.